The summed E-state index contributed by atoms with van der Waals surface area (Å²) >= 11 is 0. The molecule has 2 fully saturated rings. The number of hydrogen-bond acceptors (Lipinski definition) is 8. The van der Waals surface area contributed by atoms with E-state index in [2.05, 4.69) is 31.1 Å². The number of allylic oxidation sites excluding steroid dienone is 1. The van der Waals surface area contributed by atoms with Gasteiger partial charge in [0.25, 0.3) is 0 Å². The molecule has 1 aliphatic heterocycles. The molecular weight excluding hydrogens is 456 g/mol. The normalized spacial score (nSPS) is 24.6. The molecule has 0 aromatic heterocycles. The Morgan fingerprint density at radius 3 is 2.78 bits per heavy atom. The summed E-state index contributed by atoms with van der Waals surface area (Å²) < 4.78 is 5.96. The van der Waals surface area contributed by atoms with Gasteiger partial charge in [-0.25, -0.2) is 4.79 Å². The number of carbonyl (C=O) groups is 1. The topological polar surface area (TPSA) is 141 Å². The van der Waals surface area contributed by atoms with E-state index in [1.165, 1.54) is 17.3 Å². The molecule has 9 nitrogen and oxygen atoms in total. The van der Waals surface area contributed by atoms with E-state index in [0.29, 0.717) is 36.5 Å². The van der Waals surface area contributed by atoms with Gasteiger partial charge < -0.3 is 26.2 Å². The van der Waals surface area contributed by atoms with E-state index in [1.807, 2.05) is 4.90 Å². The number of hydrogen-bond donors (Lipinski definition) is 3. The second-order valence-corrected chi connectivity index (χ2v) is 10.5. The summed E-state index contributed by atoms with van der Waals surface area (Å²) in [7, 11) is 0. The maximum atomic E-state index is 12.8. The quantitative estimate of drug-likeness (QED) is 0.368. The van der Waals surface area contributed by atoms with Gasteiger partial charge in [-0.05, 0) is 69.3 Å². The summed E-state index contributed by atoms with van der Waals surface area (Å²) in [6, 6.07) is 7.33. The molecule has 9 heteroatoms. The SMILES string of the molecule is C=CN(C[C@@]1(C)CCCC2(CN(C(=C)/C=N\C(=C/N)C(C)(C)O)C(=O)O2)C1)c1cc(C#N)ccc1N. The van der Waals surface area contributed by atoms with Crippen LogP contribution in [0, 0.1) is 16.7 Å². The zero-order chi connectivity index (χ0) is 26.7. The highest BCUT2D eigenvalue weighted by Crippen LogP contribution is 2.47. The van der Waals surface area contributed by atoms with Crippen molar-refractivity contribution in [3.63, 3.8) is 0 Å². The lowest BCUT2D eigenvalue weighted by molar-refractivity contribution is -0.0187. The summed E-state index contributed by atoms with van der Waals surface area (Å²) in [5.41, 5.74) is 12.2. The number of nitrogens with two attached hydrogens (primary N) is 2. The molecular formula is C27H36N6O3. The van der Waals surface area contributed by atoms with Crippen LogP contribution >= 0.6 is 0 Å². The van der Waals surface area contributed by atoms with Gasteiger partial charge >= 0.3 is 6.09 Å². The number of aliphatic imine (C=N–C) groups is 1. The first kappa shape index (κ1) is 26.8. The van der Waals surface area contributed by atoms with Gasteiger partial charge in [-0.15, -0.1) is 0 Å². The first-order chi connectivity index (χ1) is 16.8. The fraction of sp³-hybridized carbons (Fsp3) is 0.444. The Balaban J connectivity index is 1.77. The first-order valence-electron chi connectivity index (χ1n) is 11.9. The van der Waals surface area contributed by atoms with Crippen molar-refractivity contribution < 1.29 is 14.6 Å². The number of rotatable bonds is 8. The molecule has 36 heavy (non-hydrogen) atoms. The predicted molar refractivity (Wildman–Crippen MR) is 142 cm³/mol. The third-order valence-electron chi connectivity index (χ3n) is 6.86. The van der Waals surface area contributed by atoms with Crippen molar-refractivity contribution >= 4 is 23.7 Å². The summed E-state index contributed by atoms with van der Waals surface area (Å²) in [6.45, 7) is 14.2. The average molecular weight is 493 g/mol. The van der Waals surface area contributed by atoms with Gasteiger partial charge in [0.1, 0.15) is 11.2 Å². The van der Waals surface area contributed by atoms with Crippen LogP contribution in [-0.2, 0) is 4.74 Å². The molecule has 1 spiro atoms. The summed E-state index contributed by atoms with van der Waals surface area (Å²) in [6.07, 6.45) is 7.11. The van der Waals surface area contributed by atoms with E-state index in [1.54, 1.807) is 38.2 Å². The highest BCUT2D eigenvalue weighted by atomic mass is 16.6. The molecule has 0 radical (unpaired) electrons. The monoisotopic (exact) mass is 492 g/mol. The van der Waals surface area contributed by atoms with Gasteiger partial charge in [-0.1, -0.05) is 20.1 Å². The van der Waals surface area contributed by atoms with Crippen molar-refractivity contribution in [2.45, 2.75) is 57.7 Å². The van der Waals surface area contributed by atoms with Crippen LogP contribution in [0.1, 0.15) is 52.0 Å². The van der Waals surface area contributed by atoms with Crippen molar-refractivity contribution in [1.29, 1.82) is 5.26 Å². The van der Waals surface area contributed by atoms with Gasteiger partial charge in [0.2, 0.25) is 0 Å². The maximum Gasteiger partial charge on any atom is 0.415 e. The minimum Gasteiger partial charge on any atom is -0.441 e. The lowest BCUT2D eigenvalue weighted by Gasteiger charge is -2.45. The highest BCUT2D eigenvalue weighted by Gasteiger charge is 2.52. The van der Waals surface area contributed by atoms with E-state index >= 15 is 0 Å². The predicted octanol–water partition coefficient (Wildman–Crippen LogP) is 4.02. The molecule has 1 aromatic rings. The maximum absolute atomic E-state index is 12.8. The van der Waals surface area contributed by atoms with Crippen LogP contribution < -0.4 is 16.4 Å². The molecule has 2 aliphatic rings. The summed E-state index contributed by atoms with van der Waals surface area (Å²) in [5.74, 6) is 0. The molecule has 1 saturated heterocycles. The molecule has 192 valence electrons. The fourth-order valence-corrected chi connectivity index (χ4v) is 5.13. The minimum absolute atomic E-state index is 0.205. The molecule has 5 N–H and O–H groups in total. The van der Waals surface area contributed by atoms with Crippen LogP contribution in [0.25, 0.3) is 0 Å². The molecule has 2 atom stereocenters. The van der Waals surface area contributed by atoms with Crippen LogP contribution in [0.15, 0.2) is 60.1 Å². The lowest BCUT2D eigenvalue weighted by Crippen LogP contribution is -2.47. The fourth-order valence-electron chi connectivity index (χ4n) is 5.13. The van der Waals surface area contributed by atoms with Gasteiger partial charge in [0.05, 0.1) is 47.2 Å². The first-order valence-corrected chi connectivity index (χ1v) is 11.9. The number of amides is 1. The Hall–Kier alpha value is -3.77. The molecule has 0 bridgehead atoms. The van der Waals surface area contributed by atoms with Gasteiger partial charge in [0.15, 0.2) is 0 Å². The van der Waals surface area contributed by atoms with E-state index < -0.39 is 17.3 Å². The Morgan fingerprint density at radius 2 is 2.17 bits per heavy atom. The Morgan fingerprint density at radius 1 is 1.44 bits per heavy atom. The second-order valence-electron chi connectivity index (χ2n) is 10.5. The van der Waals surface area contributed by atoms with Crippen molar-refractivity contribution in [1.82, 2.24) is 4.90 Å². The molecule has 1 aromatic carbocycles. The number of benzene rings is 1. The molecule has 1 saturated carbocycles. The minimum atomic E-state index is -1.23. The molecule has 1 amide bonds. The zero-order valence-corrected chi connectivity index (χ0v) is 21.3. The smallest absolute Gasteiger partial charge is 0.415 e. The Labute approximate surface area is 213 Å². The number of ether oxygens (including phenoxy) is 1. The van der Waals surface area contributed by atoms with E-state index in [0.717, 1.165) is 24.9 Å². The zero-order valence-electron chi connectivity index (χ0n) is 21.3. The van der Waals surface area contributed by atoms with Crippen LogP contribution in [0.4, 0.5) is 16.2 Å². The van der Waals surface area contributed by atoms with Crippen molar-refractivity contribution in [3.8, 4) is 6.07 Å². The average Bonchev–Trinajstić information content (AvgIpc) is 3.12. The van der Waals surface area contributed by atoms with E-state index in [-0.39, 0.29) is 11.1 Å². The highest BCUT2D eigenvalue weighted by molar-refractivity contribution is 5.86. The number of nitriles is 1. The molecule has 1 heterocycles. The second kappa shape index (κ2) is 10.1. The molecule has 3 rings (SSSR count). The van der Waals surface area contributed by atoms with Crippen molar-refractivity contribution in [2.24, 2.45) is 16.1 Å². The van der Waals surface area contributed by atoms with Crippen LogP contribution in [0.3, 0.4) is 0 Å². The number of nitrogens with zero attached hydrogens (tertiary/aromatic N) is 4. The van der Waals surface area contributed by atoms with Crippen LogP contribution in [0.2, 0.25) is 0 Å². The standard InChI is InChI=1S/C27H36N6O3/c1-6-32(22-12-20(13-28)8-9-21(22)30)17-26(5)10-7-11-27(16-26)18-33(24(34)36-27)19(2)15-31-23(14-29)25(3,4)35/h6,8-9,12,14-15,35H,1-2,7,10-11,16-18,29-30H2,3-5H3/b23-14-,31-15-/t26-,27?/m0/s1. The van der Waals surface area contributed by atoms with Gasteiger partial charge in [-0.3, -0.25) is 9.89 Å². The Bertz CT molecular complexity index is 1150. The number of carbonyl (C=O) groups excluding carboxylic acids is 1. The van der Waals surface area contributed by atoms with Crippen molar-refractivity contribution in [2.75, 3.05) is 23.7 Å². The van der Waals surface area contributed by atoms with Gasteiger partial charge in [-0.2, -0.15) is 5.26 Å². The van der Waals surface area contributed by atoms with Crippen LogP contribution in [0.5, 0.6) is 0 Å². The summed E-state index contributed by atoms with van der Waals surface area (Å²) in [4.78, 5) is 20.5. The number of nitrogen functional groups attached to an aromatic ring is 1. The Kier molecular flexibility index (Phi) is 7.51. The third kappa shape index (κ3) is 5.71. The summed E-state index contributed by atoms with van der Waals surface area (Å²) in [5, 5.41) is 19.5. The molecule has 1 unspecified atom stereocenters. The number of anilines is 2. The largest absolute Gasteiger partial charge is 0.441 e. The van der Waals surface area contributed by atoms with Crippen molar-refractivity contribution in [3.05, 3.63) is 60.7 Å². The van der Waals surface area contributed by atoms with Gasteiger partial charge in [0, 0.05) is 12.7 Å². The van der Waals surface area contributed by atoms with E-state index in [4.69, 9.17) is 16.2 Å². The lowest BCUT2D eigenvalue weighted by atomic mass is 9.68. The van der Waals surface area contributed by atoms with Crippen LogP contribution in [-0.4, -0.2) is 46.6 Å². The molecule has 1 aliphatic carbocycles. The number of aliphatic hydroxyl groups is 1. The van der Waals surface area contributed by atoms with E-state index in [9.17, 15) is 15.2 Å². The third-order valence-corrected chi connectivity index (χ3v) is 6.86.